The molecule has 5 nitrogen and oxygen atoms in total. The molecule has 0 radical (unpaired) electrons. The first kappa shape index (κ1) is 16.3. The van der Waals surface area contributed by atoms with Gasteiger partial charge < -0.3 is 10.5 Å². The van der Waals surface area contributed by atoms with Crippen LogP contribution in [0, 0.1) is 11.8 Å². The topological polar surface area (TPSA) is 72.6 Å². The van der Waals surface area contributed by atoms with Gasteiger partial charge in [0.15, 0.2) is 0 Å². The zero-order valence-corrected chi connectivity index (χ0v) is 13.7. The Labute approximate surface area is 127 Å². The largest absolute Gasteiger partial charge is 0.495 e. The molecule has 1 aromatic rings. The summed E-state index contributed by atoms with van der Waals surface area (Å²) < 4.78 is 32.4. The standard InChI is InChI=1S/C15H24N2O3S/c1-11(2)13-6-7-17(10-13)21(18,19)15-5-4-12(9-16)8-14(15)20-3/h4-5,8,11,13H,6-7,9-10,16H2,1-3H3. The van der Waals surface area contributed by atoms with Gasteiger partial charge >= 0.3 is 0 Å². The van der Waals surface area contributed by atoms with Gasteiger partial charge in [-0.05, 0) is 36.0 Å². The summed E-state index contributed by atoms with van der Waals surface area (Å²) in [4.78, 5) is 0.228. The quantitative estimate of drug-likeness (QED) is 0.900. The third-order valence-electron chi connectivity index (χ3n) is 4.21. The van der Waals surface area contributed by atoms with Crippen molar-refractivity contribution >= 4 is 10.0 Å². The predicted molar refractivity (Wildman–Crippen MR) is 82.6 cm³/mol. The average molecular weight is 312 g/mol. The van der Waals surface area contributed by atoms with Crippen molar-refractivity contribution in [3.63, 3.8) is 0 Å². The number of nitrogens with zero attached hydrogens (tertiary/aromatic N) is 1. The third-order valence-corrected chi connectivity index (χ3v) is 6.12. The smallest absolute Gasteiger partial charge is 0.246 e. The van der Waals surface area contributed by atoms with Crippen molar-refractivity contribution in [3.05, 3.63) is 23.8 Å². The van der Waals surface area contributed by atoms with E-state index < -0.39 is 10.0 Å². The minimum Gasteiger partial charge on any atom is -0.495 e. The van der Waals surface area contributed by atoms with Crippen LogP contribution >= 0.6 is 0 Å². The molecule has 0 amide bonds. The van der Waals surface area contributed by atoms with Gasteiger partial charge in [-0.25, -0.2) is 8.42 Å². The van der Waals surface area contributed by atoms with Gasteiger partial charge in [0.25, 0.3) is 0 Å². The Morgan fingerprint density at radius 3 is 2.67 bits per heavy atom. The van der Waals surface area contributed by atoms with E-state index in [9.17, 15) is 8.42 Å². The SMILES string of the molecule is COc1cc(CN)ccc1S(=O)(=O)N1CCC(C(C)C)C1. The van der Waals surface area contributed by atoms with Crippen LogP contribution in [0.15, 0.2) is 23.1 Å². The molecule has 1 unspecified atom stereocenters. The highest BCUT2D eigenvalue weighted by molar-refractivity contribution is 7.89. The molecular weight excluding hydrogens is 288 g/mol. The fourth-order valence-electron chi connectivity index (χ4n) is 2.71. The van der Waals surface area contributed by atoms with Crippen LogP contribution in [0.2, 0.25) is 0 Å². The second kappa shape index (κ2) is 6.34. The van der Waals surface area contributed by atoms with E-state index in [1.807, 2.05) is 0 Å². The Balaban J connectivity index is 2.32. The highest BCUT2D eigenvalue weighted by atomic mass is 32.2. The van der Waals surface area contributed by atoms with Crippen molar-refractivity contribution in [2.75, 3.05) is 20.2 Å². The lowest BCUT2D eigenvalue weighted by atomic mass is 9.96. The van der Waals surface area contributed by atoms with Crippen molar-refractivity contribution in [2.45, 2.75) is 31.7 Å². The molecule has 1 saturated heterocycles. The van der Waals surface area contributed by atoms with Crippen LogP contribution in [0.3, 0.4) is 0 Å². The number of sulfonamides is 1. The molecule has 1 aliphatic rings. The molecule has 2 rings (SSSR count). The number of hydrogen-bond acceptors (Lipinski definition) is 4. The maximum absolute atomic E-state index is 12.8. The molecule has 0 aliphatic carbocycles. The van der Waals surface area contributed by atoms with Crippen molar-refractivity contribution in [1.82, 2.24) is 4.31 Å². The molecule has 1 aliphatic heterocycles. The minimum absolute atomic E-state index is 0.228. The first-order valence-electron chi connectivity index (χ1n) is 7.27. The zero-order valence-electron chi connectivity index (χ0n) is 12.9. The first-order chi connectivity index (χ1) is 9.90. The summed E-state index contributed by atoms with van der Waals surface area (Å²) in [5.74, 6) is 1.28. The Morgan fingerprint density at radius 2 is 2.14 bits per heavy atom. The average Bonchev–Trinajstić information content (AvgIpc) is 2.97. The Bertz CT molecular complexity index is 599. The lowest BCUT2D eigenvalue weighted by Crippen LogP contribution is -2.29. The van der Waals surface area contributed by atoms with Gasteiger partial charge in [0, 0.05) is 19.6 Å². The Kier molecular flexibility index (Phi) is 4.91. The number of benzene rings is 1. The van der Waals surface area contributed by atoms with Gasteiger partial charge in [-0.2, -0.15) is 4.31 Å². The van der Waals surface area contributed by atoms with E-state index in [1.54, 1.807) is 22.5 Å². The summed E-state index contributed by atoms with van der Waals surface area (Å²) >= 11 is 0. The summed E-state index contributed by atoms with van der Waals surface area (Å²) in [6, 6.07) is 5.04. The van der Waals surface area contributed by atoms with E-state index in [2.05, 4.69) is 13.8 Å². The summed E-state index contributed by atoms with van der Waals surface area (Å²) in [6.07, 6.45) is 0.917. The molecule has 0 spiro atoms. The normalized spacial score (nSPS) is 20.1. The minimum atomic E-state index is -3.51. The van der Waals surface area contributed by atoms with E-state index in [4.69, 9.17) is 10.5 Å². The van der Waals surface area contributed by atoms with Crippen molar-refractivity contribution < 1.29 is 13.2 Å². The Morgan fingerprint density at radius 1 is 1.43 bits per heavy atom. The maximum Gasteiger partial charge on any atom is 0.246 e. The summed E-state index contributed by atoms with van der Waals surface area (Å²) in [6.45, 7) is 5.79. The van der Waals surface area contributed by atoms with Gasteiger partial charge in [-0.3, -0.25) is 0 Å². The van der Waals surface area contributed by atoms with Gasteiger partial charge in [0.2, 0.25) is 10.0 Å². The fourth-order valence-corrected chi connectivity index (χ4v) is 4.36. The molecule has 1 fully saturated rings. The maximum atomic E-state index is 12.8. The van der Waals surface area contributed by atoms with E-state index in [-0.39, 0.29) is 4.90 Å². The predicted octanol–water partition coefficient (Wildman–Crippen LogP) is 1.82. The Hall–Kier alpha value is -1.11. The molecule has 21 heavy (non-hydrogen) atoms. The molecule has 1 aromatic carbocycles. The number of hydrogen-bond donors (Lipinski definition) is 1. The van der Waals surface area contributed by atoms with Crippen LogP contribution in [0.5, 0.6) is 5.75 Å². The molecule has 0 saturated carbocycles. The fraction of sp³-hybridized carbons (Fsp3) is 0.600. The van der Waals surface area contributed by atoms with E-state index in [1.165, 1.54) is 7.11 Å². The van der Waals surface area contributed by atoms with Crippen LogP contribution in [0.4, 0.5) is 0 Å². The molecule has 0 aromatic heterocycles. The van der Waals surface area contributed by atoms with Crippen LogP contribution in [0.25, 0.3) is 0 Å². The second-order valence-electron chi connectivity index (χ2n) is 5.85. The first-order valence-corrected chi connectivity index (χ1v) is 8.71. The van der Waals surface area contributed by atoms with E-state index in [0.717, 1.165) is 12.0 Å². The van der Waals surface area contributed by atoms with Crippen molar-refractivity contribution in [3.8, 4) is 5.75 Å². The molecule has 1 heterocycles. The zero-order chi connectivity index (χ0) is 15.6. The van der Waals surface area contributed by atoms with Crippen molar-refractivity contribution in [1.29, 1.82) is 0 Å². The van der Waals surface area contributed by atoms with Gasteiger partial charge in [0.05, 0.1) is 7.11 Å². The lowest BCUT2D eigenvalue weighted by molar-refractivity contribution is 0.382. The molecule has 118 valence electrons. The molecule has 0 bridgehead atoms. The highest BCUT2D eigenvalue weighted by Crippen LogP contribution is 2.32. The van der Waals surface area contributed by atoms with Gasteiger partial charge in [-0.1, -0.05) is 19.9 Å². The second-order valence-corrected chi connectivity index (χ2v) is 7.75. The van der Waals surface area contributed by atoms with E-state index in [0.29, 0.717) is 37.2 Å². The summed E-state index contributed by atoms with van der Waals surface area (Å²) in [7, 11) is -2.02. The van der Waals surface area contributed by atoms with Gasteiger partial charge in [0.1, 0.15) is 10.6 Å². The van der Waals surface area contributed by atoms with Crippen molar-refractivity contribution in [2.24, 2.45) is 17.6 Å². The summed E-state index contributed by atoms with van der Waals surface area (Å²) in [5.41, 5.74) is 6.44. The number of ether oxygens (including phenoxy) is 1. The number of methoxy groups -OCH3 is 1. The lowest BCUT2D eigenvalue weighted by Gasteiger charge is -2.19. The monoisotopic (exact) mass is 312 g/mol. The molecular formula is C15H24N2O3S. The van der Waals surface area contributed by atoms with Crippen LogP contribution in [-0.2, 0) is 16.6 Å². The molecule has 1 atom stereocenters. The van der Waals surface area contributed by atoms with Gasteiger partial charge in [-0.15, -0.1) is 0 Å². The van der Waals surface area contributed by atoms with Crippen LogP contribution < -0.4 is 10.5 Å². The van der Waals surface area contributed by atoms with Crippen LogP contribution in [0.1, 0.15) is 25.8 Å². The number of nitrogens with two attached hydrogens (primary N) is 1. The summed E-state index contributed by atoms with van der Waals surface area (Å²) in [5, 5.41) is 0. The van der Waals surface area contributed by atoms with Crippen LogP contribution in [-0.4, -0.2) is 32.9 Å². The third kappa shape index (κ3) is 3.22. The molecule has 2 N–H and O–H groups in total. The molecule has 6 heteroatoms. The highest BCUT2D eigenvalue weighted by Gasteiger charge is 2.35. The number of rotatable bonds is 5. The van der Waals surface area contributed by atoms with E-state index >= 15 is 0 Å².